The molecule has 1 rings (SSSR count). The lowest BCUT2D eigenvalue weighted by Crippen LogP contribution is -2.38. The Balaban J connectivity index is 2.70. The summed E-state index contributed by atoms with van der Waals surface area (Å²) >= 11 is 5.87. The Kier molecular flexibility index (Phi) is 5.85. The second-order valence-electron chi connectivity index (χ2n) is 4.01. The normalized spacial score (nSPS) is 12.2. The number of aliphatic carboxylic acids is 1. The fourth-order valence-electron chi connectivity index (χ4n) is 1.64. The maximum Gasteiger partial charge on any atom is 0.334 e. The van der Waals surface area contributed by atoms with Crippen molar-refractivity contribution in [2.45, 2.75) is 26.0 Å². The van der Waals surface area contributed by atoms with Gasteiger partial charge in [0, 0.05) is 19.9 Å². The maximum atomic E-state index is 12.0. The van der Waals surface area contributed by atoms with Crippen molar-refractivity contribution >= 4 is 23.5 Å². The highest BCUT2D eigenvalue weighted by atomic mass is 35.5. The van der Waals surface area contributed by atoms with Gasteiger partial charge in [-0.3, -0.25) is 4.79 Å². The van der Waals surface area contributed by atoms with Crippen LogP contribution in [0, 0.1) is 0 Å². The minimum absolute atomic E-state index is 0.0976. The average Bonchev–Trinajstić information content (AvgIpc) is 2.71. The van der Waals surface area contributed by atoms with Crippen LogP contribution < -0.4 is 5.32 Å². The van der Waals surface area contributed by atoms with E-state index in [0.29, 0.717) is 17.3 Å². The van der Waals surface area contributed by atoms with Crippen molar-refractivity contribution in [1.82, 2.24) is 9.88 Å². The molecule has 7 heteroatoms. The Labute approximate surface area is 116 Å². The van der Waals surface area contributed by atoms with Gasteiger partial charge >= 0.3 is 5.97 Å². The second-order valence-corrected chi connectivity index (χ2v) is 4.45. The summed E-state index contributed by atoms with van der Waals surface area (Å²) in [4.78, 5) is 22.7. The fourth-order valence-corrected chi connectivity index (χ4v) is 1.86. The highest BCUT2D eigenvalue weighted by molar-refractivity contribution is 6.31. The van der Waals surface area contributed by atoms with E-state index in [4.69, 9.17) is 21.4 Å². The number of hydrogen-bond acceptors (Lipinski definition) is 3. The topological polar surface area (TPSA) is 80.6 Å². The van der Waals surface area contributed by atoms with Gasteiger partial charge in [0.15, 0.2) is 6.10 Å². The monoisotopic (exact) mass is 288 g/mol. The lowest BCUT2D eigenvalue weighted by molar-refractivity contribution is -0.148. The molecule has 0 aliphatic rings. The lowest BCUT2D eigenvalue weighted by Gasteiger charge is -2.12. The third kappa shape index (κ3) is 4.25. The van der Waals surface area contributed by atoms with Gasteiger partial charge in [0.25, 0.3) is 5.91 Å². The first-order chi connectivity index (χ1) is 8.99. The number of carboxylic acid groups (broad SMARTS) is 1. The first-order valence-corrected chi connectivity index (χ1v) is 6.26. The van der Waals surface area contributed by atoms with Gasteiger partial charge in [-0.25, -0.2) is 4.79 Å². The molecule has 0 spiro atoms. The molecule has 1 amide bonds. The number of carbonyl (C=O) groups is 2. The van der Waals surface area contributed by atoms with Crippen LogP contribution in [0.25, 0.3) is 0 Å². The highest BCUT2D eigenvalue weighted by Crippen LogP contribution is 2.14. The average molecular weight is 289 g/mol. The summed E-state index contributed by atoms with van der Waals surface area (Å²) in [5, 5.41) is 11.8. The van der Waals surface area contributed by atoms with Crippen molar-refractivity contribution in [1.29, 1.82) is 0 Å². The van der Waals surface area contributed by atoms with Crippen molar-refractivity contribution in [3.8, 4) is 0 Å². The molecule has 0 saturated heterocycles. The summed E-state index contributed by atoms with van der Waals surface area (Å²) in [6, 6.07) is 1.55. The van der Waals surface area contributed by atoms with Crippen molar-refractivity contribution < 1.29 is 19.4 Å². The van der Waals surface area contributed by atoms with E-state index < -0.39 is 12.1 Å². The zero-order valence-electron chi connectivity index (χ0n) is 10.9. The summed E-state index contributed by atoms with van der Waals surface area (Å²) in [5.41, 5.74) is 0.409. The van der Waals surface area contributed by atoms with Gasteiger partial charge in [0.1, 0.15) is 5.69 Å². The summed E-state index contributed by atoms with van der Waals surface area (Å²) in [6.07, 6.45) is 1.47. The molecule has 0 fully saturated rings. The Morgan fingerprint density at radius 3 is 2.79 bits per heavy atom. The third-order valence-corrected chi connectivity index (χ3v) is 2.78. The van der Waals surface area contributed by atoms with E-state index in [1.54, 1.807) is 16.8 Å². The first-order valence-electron chi connectivity index (χ1n) is 5.89. The quantitative estimate of drug-likeness (QED) is 0.794. The van der Waals surface area contributed by atoms with Crippen LogP contribution in [0.4, 0.5) is 0 Å². The van der Waals surface area contributed by atoms with Crippen molar-refractivity contribution in [3.05, 3.63) is 23.0 Å². The van der Waals surface area contributed by atoms with E-state index in [1.807, 2.05) is 6.92 Å². The van der Waals surface area contributed by atoms with Gasteiger partial charge in [0.2, 0.25) is 0 Å². The molecule has 0 saturated carbocycles. The van der Waals surface area contributed by atoms with Gasteiger partial charge in [-0.05, 0) is 12.5 Å². The fraction of sp³-hybridized carbons (Fsp3) is 0.500. The number of carbonyl (C=O) groups excluding carboxylic acids is 1. The van der Waals surface area contributed by atoms with Crippen molar-refractivity contribution in [2.24, 2.45) is 0 Å². The minimum Gasteiger partial charge on any atom is -0.479 e. The number of aromatic nitrogens is 1. The molecule has 106 valence electrons. The summed E-state index contributed by atoms with van der Waals surface area (Å²) in [6.45, 7) is 2.56. The number of rotatable bonds is 7. The minimum atomic E-state index is -1.12. The molecule has 1 atom stereocenters. The molecule has 1 aromatic rings. The van der Waals surface area contributed by atoms with Crippen molar-refractivity contribution in [3.63, 3.8) is 0 Å². The summed E-state index contributed by atoms with van der Waals surface area (Å²) < 4.78 is 6.47. The molecule has 0 aromatic carbocycles. The Morgan fingerprint density at radius 1 is 1.58 bits per heavy atom. The largest absolute Gasteiger partial charge is 0.479 e. The third-order valence-electron chi connectivity index (χ3n) is 2.57. The number of hydrogen-bond donors (Lipinski definition) is 2. The van der Waals surface area contributed by atoms with E-state index in [1.165, 1.54) is 7.11 Å². The summed E-state index contributed by atoms with van der Waals surface area (Å²) in [5.74, 6) is -1.49. The molecule has 1 aromatic heterocycles. The second kappa shape index (κ2) is 7.16. The molecule has 19 heavy (non-hydrogen) atoms. The number of nitrogens with one attached hydrogen (secondary N) is 1. The van der Waals surface area contributed by atoms with Gasteiger partial charge in [0.05, 0.1) is 11.6 Å². The van der Waals surface area contributed by atoms with E-state index in [9.17, 15) is 9.59 Å². The van der Waals surface area contributed by atoms with Crippen LogP contribution in [0.3, 0.4) is 0 Å². The highest BCUT2D eigenvalue weighted by Gasteiger charge is 2.19. The molecular weight excluding hydrogens is 272 g/mol. The zero-order chi connectivity index (χ0) is 14.4. The van der Waals surface area contributed by atoms with Crippen LogP contribution in [-0.4, -0.2) is 41.3 Å². The first kappa shape index (κ1) is 15.5. The molecule has 0 aliphatic carbocycles. The van der Waals surface area contributed by atoms with Crippen LogP contribution in [0.2, 0.25) is 5.02 Å². The SMILES string of the molecule is CCCn1cc(Cl)cc1C(=O)NCC(OC)C(=O)O. The van der Waals surface area contributed by atoms with Crippen LogP contribution in [0.15, 0.2) is 12.3 Å². The predicted octanol–water partition coefficient (Wildman–Crippen LogP) is 1.38. The number of ether oxygens (including phenoxy) is 1. The summed E-state index contributed by atoms with van der Waals surface area (Å²) in [7, 11) is 1.28. The number of carboxylic acids is 1. The van der Waals surface area contributed by atoms with Gasteiger partial charge in [-0.15, -0.1) is 0 Å². The molecule has 0 aliphatic heterocycles. The molecule has 0 radical (unpaired) electrons. The molecule has 1 heterocycles. The molecule has 0 bridgehead atoms. The van der Waals surface area contributed by atoms with Gasteiger partial charge in [-0.2, -0.15) is 0 Å². The smallest absolute Gasteiger partial charge is 0.334 e. The number of methoxy groups -OCH3 is 1. The van der Waals surface area contributed by atoms with Crippen LogP contribution in [0.1, 0.15) is 23.8 Å². The van der Waals surface area contributed by atoms with Gasteiger partial charge < -0.3 is 19.7 Å². The molecule has 1 unspecified atom stereocenters. The predicted molar refractivity (Wildman–Crippen MR) is 70.5 cm³/mol. The van der Waals surface area contributed by atoms with Crippen LogP contribution in [0.5, 0.6) is 0 Å². The zero-order valence-corrected chi connectivity index (χ0v) is 11.6. The molecule has 2 N–H and O–H groups in total. The van der Waals surface area contributed by atoms with E-state index >= 15 is 0 Å². The Bertz CT molecular complexity index is 459. The maximum absolute atomic E-state index is 12.0. The van der Waals surface area contributed by atoms with Crippen LogP contribution >= 0.6 is 11.6 Å². The van der Waals surface area contributed by atoms with Crippen LogP contribution in [-0.2, 0) is 16.1 Å². The molecular formula is C12H17ClN2O4. The van der Waals surface area contributed by atoms with Gasteiger partial charge in [-0.1, -0.05) is 18.5 Å². The van der Waals surface area contributed by atoms with Crippen molar-refractivity contribution in [2.75, 3.05) is 13.7 Å². The van der Waals surface area contributed by atoms with E-state index in [2.05, 4.69) is 5.32 Å². The molecule has 6 nitrogen and oxygen atoms in total. The van der Waals surface area contributed by atoms with E-state index in [-0.39, 0.29) is 12.5 Å². The number of aryl methyl sites for hydroxylation is 1. The Hall–Kier alpha value is -1.53. The van der Waals surface area contributed by atoms with E-state index in [0.717, 1.165) is 6.42 Å². The number of nitrogens with zero attached hydrogens (tertiary/aromatic N) is 1. The number of amides is 1. The standard InChI is InChI=1S/C12H17ClN2O4/c1-3-4-15-7-8(13)5-9(15)11(16)14-6-10(19-2)12(17)18/h5,7,10H,3-4,6H2,1-2H3,(H,14,16)(H,17,18). The number of halogens is 1. The lowest BCUT2D eigenvalue weighted by atomic mass is 10.3. The Morgan fingerprint density at radius 2 is 2.26 bits per heavy atom.